The molecule has 2 nitrogen and oxygen atoms in total. The predicted molar refractivity (Wildman–Crippen MR) is 83.2 cm³/mol. The first kappa shape index (κ1) is 13.7. The third-order valence-electron chi connectivity index (χ3n) is 4.96. The molecule has 108 valence electrons. The van der Waals surface area contributed by atoms with Gasteiger partial charge in [-0.3, -0.25) is 4.90 Å². The minimum Gasteiger partial charge on any atom is -0.497 e. The van der Waals surface area contributed by atoms with Gasteiger partial charge in [0, 0.05) is 12.6 Å². The molecule has 0 aromatic heterocycles. The summed E-state index contributed by atoms with van der Waals surface area (Å²) in [4.78, 5) is 2.53. The molecule has 1 aromatic rings. The Balaban J connectivity index is 1.79. The molecule has 1 fully saturated rings. The van der Waals surface area contributed by atoms with E-state index in [9.17, 15) is 0 Å². The van der Waals surface area contributed by atoms with E-state index in [1.54, 1.807) is 12.7 Å². The average molecular weight is 271 g/mol. The molecule has 0 amide bonds. The summed E-state index contributed by atoms with van der Waals surface area (Å²) < 4.78 is 5.35. The fraction of sp³-hybridized carbons (Fsp3) is 0.556. The van der Waals surface area contributed by atoms with Gasteiger partial charge in [0.2, 0.25) is 0 Å². The average Bonchev–Trinajstić information content (AvgIpc) is 2.50. The van der Waals surface area contributed by atoms with Gasteiger partial charge in [0.25, 0.3) is 0 Å². The maximum absolute atomic E-state index is 5.35. The highest BCUT2D eigenvalue weighted by Crippen LogP contribution is 2.37. The summed E-state index contributed by atoms with van der Waals surface area (Å²) in [5, 5.41) is 0. The van der Waals surface area contributed by atoms with Crippen LogP contribution < -0.4 is 4.74 Å². The Kier molecular flexibility index (Phi) is 4.11. The van der Waals surface area contributed by atoms with Crippen LogP contribution in [0.2, 0.25) is 0 Å². The summed E-state index contributed by atoms with van der Waals surface area (Å²) >= 11 is 0. The number of ether oxygens (including phenoxy) is 1. The minimum atomic E-state index is 0.655. The van der Waals surface area contributed by atoms with Gasteiger partial charge < -0.3 is 4.74 Å². The molecule has 2 aliphatic rings. The number of likely N-dealkylation sites (N-methyl/N-ethyl adjacent to an activating group) is 1. The zero-order chi connectivity index (χ0) is 13.9. The minimum absolute atomic E-state index is 0.655. The van der Waals surface area contributed by atoms with Gasteiger partial charge in [-0.25, -0.2) is 0 Å². The van der Waals surface area contributed by atoms with Crippen molar-refractivity contribution in [3.63, 3.8) is 0 Å². The van der Waals surface area contributed by atoms with E-state index in [0.29, 0.717) is 6.04 Å². The van der Waals surface area contributed by atoms with Crippen molar-refractivity contribution >= 4 is 0 Å². The van der Waals surface area contributed by atoms with Crippen LogP contribution in [0.1, 0.15) is 31.2 Å². The summed E-state index contributed by atoms with van der Waals surface area (Å²) in [6.07, 6.45) is 9.09. The first-order chi connectivity index (χ1) is 9.78. The molecule has 1 aliphatic carbocycles. The Labute approximate surface area is 122 Å². The van der Waals surface area contributed by atoms with E-state index in [4.69, 9.17) is 4.74 Å². The molecule has 0 radical (unpaired) electrons. The molecule has 1 aliphatic heterocycles. The molecule has 20 heavy (non-hydrogen) atoms. The van der Waals surface area contributed by atoms with Gasteiger partial charge in [-0.15, -0.1) is 0 Å². The Bertz CT molecular complexity index is 494. The molecule has 1 saturated carbocycles. The molecule has 2 heteroatoms. The lowest BCUT2D eigenvalue weighted by molar-refractivity contribution is 0.171. The standard InChI is InChI=1S/C18H25NO/c1-19-11-10-15-7-3-4-9-17(15)18(19)13-14-6-5-8-16(12-14)20-2/h5-6,8,10,12,17-18H,3-4,7,9,11,13H2,1-2H3. The van der Waals surface area contributed by atoms with Crippen LogP contribution in [0.15, 0.2) is 35.9 Å². The van der Waals surface area contributed by atoms with Gasteiger partial charge in [-0.1, -0.05) is 30.2 Å². The molecule has 0 N–H and O–H groups in total. The quantitative estimate of drug-likeness (QED) is 0.778. The number of fused-ring (bicyclic) bond motifs is 1. The van der Waals surface area contributed by atoms with E-state index in [1.165, 1.54) is 31.2 Å². The second-order valence-corrected chi connectivity index (χ2v) is 6.19. The Hall–Kier alpha value is -1.28. The predicted octanol–water partition coefficient (Wildman–Crippen LogP) is 3.67. The van der Waals surface area contributed by atoms with E-state index >= 15 is 0 Å². The van der Waals surface area contributed by atoms with E-state index < -0.39 is 0 Å². The van der Waals surface area contributed by atoms with E-state index in [0.717, 1.165) is 24.6 Å². The third-order valence-corrected chi connectivity index (χ3v) is 4.96. The lowest BCUT2D eigenvalue weighted by Gasteiger charge is -2.42. The Morgan fingerprint density at radius 2 is 2.20 bits per heavy atom. The van der Waals surface area contributed by atoms with Crippen LogP contribution in [0.3, 0.4) is 0 Å². The van der Waals surface area contributed by atoms with Gasteiger partial charge >= 0.3 is 0 Å². The van der Waals surface area contributed by atoms with Crippen molar-refractivity contribution in [1.29, 1.82) is 0 Å². The zero-order valence-electron chi connectivity index (χ0n) is 12.6. The topological polar surface area (TPSA) is 12.5 Å². The lowest BCUT2D eigenvalue weighted by atomic mass is 9.75. The van der Waals surface area contributed by atoms with Crippen LogP contribution in [0, 0.1) is 5.92 Å². The highest BCUT2D eigenvalue weighted by Gasteiger charge is 2.32. The van der Waals surface area contributed by atoms with Crippen molar-refractivity contribution < 1.29 is 4.74 Å². The Morgan fingerprint density at radius 3 is 3.05 bits per heavy atom. The van der Waals surface area contributed by atoms with Crippen molar-refractivity contribution in [2.24, 2.45) is 5.92 Å². The smallest absolute Gasteiger partial charge is 0.119 e. The molecule has 1 aromatic carbocycles. The number of methoxy groups -OCH3 is 1. The maximum Gasteiger partial charge on any atom is 0.119 e. The molecule has 0 saturated heterocycles. The second kappa shape index (κ2) is 6.01. The summed E-state index contributed by atoms with van der Waals surface area (Å²) in [6.45, 7) is 1.11. The molecule has 0 bridgehead atoms. The van der Waals surface area contributed by atoms with E-state index in [1.807, 2.05) is 6.07 Å². The van der Waals surface area contributed by atoms with Crippen LogP contribution in [-0.4, -0.2) is 31.6 Å². The first-order valence-electron chi connectivity index (χ1n) is 7.80. The molecule has 2 unspecified atom stereocenters. The van der Waals surface area contributed by atoms with Gasteiger partial charge in [-0.2, -0.15) is 0 Å². The number of hydrogen-bond acceptors (Lipinski definition) is 2. The summed E-state index contributed by atoms with van der Waals surface area (Å²) in [7, 11) is 4.01. The van der Waals surface area contributed by atoms with Crippen molar-refractivity contribution in [2.75, 3.05) is 20.7 Å². The number of hydrogen-bond donors (Lipinski definition) is 0. The molecular weight excluding hydrogens is 246 g/mol. The molecule has 3 rings (SSSR count). The van der Waals surface area contributed by atoms with Crippen molar-refractivity contribution in [2.45, 2.75) is 38.1 Å². The van der Waals surface area contributed by atoms with Gasteiger partial charge in [0.1, 0.15) is 5.75 Å². The van der Waals surface area contributed by atoms with Crippen LogP contribution in [0.25, 0.3) is 0 Å². The van der Waals surface area contributed by atoms with E-state index in [2.05, 4.69) is 36.2 Å². The summed E-state index contributed by atoms with van der Waals surface area (Å²) in [5.41, 5.74) is 3.12. The van der Waals surface area contributed by atoms with Crippen LogP contribution in [0.4, 0.5) is 0 Å². The molecule has 1 heterocycles. The monoisotopic (exact) mass is 271 g/mol. The summed E-state index contributed by atoms with van der Waals surface area (Å²) in [5.74, 6) is 1.74. The Morgan fingerprint density at radius 1 is 1.30 bits per heavy atom. The van der Waals surface area contributed by atoms with Gasteiger partial charge in [0.05, 0.1) is 7.11 Å². The van der Waals surface area contributed by atoms with Gasteiger partial charge in [0.15, 0.2) is 0 Å². The number of benzene rings is 1. The van der Waals surface area contributed by atoms with Crippen LogP contribution >= 0.6 is 0 Å². The van der Waals surface area contributed by atoms with E-state index in [-0.39, 0.29) is 0 Å². The zero-order valence-corrected chi connectivity index (χ0v) is 12.6. The highest BCUT2D eigenvalue weighted by molar-refractivity contribution is 5.30. The first-order valence-corrected chi connectivity index (χ1v) is 7.80. The van der Waals surface area contributed by atoms with Gasteiger partial charge in [-0.05, 0) is 56.3 Å². The number of rotatable bonds is 3. The SMILES string of the molecule is COc1cccc(CC2C3CCCCC3=CCN2C)c1. The lowest BCUT2D eigenvalue weighted by Crippen LogP contribution is -2.44. The summed E-state index contributed by atoms with van der Waals surface area (Å²) in [6, 6.07) is 9.21. The van der Waals surface area contributed by atoms with Crippen molar-refractivity contribution in [3.8, 4) is 5.75 Å². The van der Waals surface area contributed by atoms with Crippen LogP contribution in [-0.2, 0) is 6.42 Å². The largest absolute Gasteiger partial charge is 0.497 e. The molecular formula is C18H25NO. The molecule has 2 atom stereocenters. The normalized spacial score (nSPS) is 26.8. The highest BCUT2D eigenvalue weighted by atomic mass is 16.5. The third kappa shape index (κ3) is 2.76. The van der Waals surface area contributed by atoms with Crippen molar-refractivity contribution in [3.05, 3.63) is 41.5 Å². The molecule has 0 spiro atoms. The van der Waals surface area contributed by atoms with Crippen LogP contribution in [0.5, 0.6) is 5.75 Å². The maximum atomic E-state index is 5.35. The van der Waals surface area contributed by atoms with Crippen molar-refractivity contribution in [1.82, 2.24) is 4.90 Å². The fourth-order valence-electron chi connectivity index (χ4n) is 3.80. The second-order valence-electron chi connectivity index (χ2n) is 6.19. The fourth-order valence-corrected chi connectivity index (χ4v) is 3.80. The number of nitrogens with zero attached hydrogens (tertiary/aromatic N) is 1.